The number of nitrogens with one attached hydrogen (secondary N) is 1. The highest BCUT2D eigenvalue weighted by atomic mass is 79.9. The van der Waals surface area contributed by atoms with Gasteiger partial charge in [-0.05, 0) is 41.9 Å². The summed E-state index contributed by atoms with van der Waals surface area (Å²) >= 11 is 3.45. The summed E-state index contributed by atoms with van der Waals surface area (Å²) in [7, 11) is 0. The Morgan fingerprint density at radius 1 is 1.30 bits per heavy atom. The van der Waals surface area contributed by atoms with Crippen molar-refractivity contribution >= 4 is 32.5 Å². The van der Waals surface area contributed by atoms with Gasteiger partial charge in [-0.2, -0.15) is 0 Å². The Kier molecular flexibility index (Phi) is 3.67. The van der Waals surface area contributed by atoms with Crippen molar-refractivity contribution in [2.24, 2.45) is 0 Å². The summed E-state index contributed by atoms with van der Waals surface area (Å²) in [5.41, 5.74) is 1.97. The molecule has 0 radical (unpaired) electrons. The molecule has 1 fully saturated rings. The topological polar surface area (TPSA) is 43.4 Å². The van der Waals surface area contributed by atoms with Crippen molar-refractivity contribution in [1.82, 2.24) is 4.98 Å². The molecule has 1 N–H and O–H groups in total. The first-order chi connectivity index (χ1) is 9.53. The molecule has 1 aliphatic heterocycles. The summed E-state index contributed by atoms with van der Waals surface area (Å²) in [6.45, 7) is 5.11. The second-order valence-corrected chi connectivity index (χ2v) is 6.31. The number of aromatic nitrogens is 1. The number of nitrogens with zero attached hydrogens (tertiary/aromatic N) is 1. The molecular weight excluding hydrogens is 320 g/mol. The molecule has 106 valence electrons. The van der Waals surface area contributed by atoms with Crippen molar-refractivity contribution in [2.45, 2.75) is 25.7 Å². The van der Waals surface area contributed by atoms with Crippen LogP contribution in [0.5, 0.6) is 0 Å². The van der Waals surface area contributed by atoms with Gasteiger partial charge in [-0.15, -0.1) is 0 Å². The molecule has 0 aliphatic carbocycles. The minimum atomic E-state index is -0.486. The Morgan fingerprint density at radius 3 is 2.80 bits per heavy atom. The average molecular weight is 337 g/mol. The fourth-order valence-corrected chi connectivity index (χ4v) is 2.60. The predicted octanol–water partition coefficient (Wildman–Crippen LogP) is 3.56. The summed E-state index contributed by atoms with van der Waals surface area (Å²) in [6, 6.07) is 8.30. The van der Waals surface area contributed by atoms with E-state index in [1.807, 2.05) is 32.2 Å². The van der Waals surface area contributed by atoms with Crippen LogP contribution in [0, 0.1) is 0 Å². The van der Waals surface area contributed by atoms with Crippen LogP contribution in [0.15, 0.2) is 34.9 Å². The second-order valence-electron chi connectivity index (χ2n) is 5.39. The van der Waals surface area contributed by atoms with Gasteiger partial charge in [0, 0.05) is 16.1 Å². The molecular formula is C15H17BrN2O2. The molecule has 5 heteroatoms. The number of fused-ring (bicyclic) bond motifs is 1. The van der Waals surface area contributed by atoms with Gasteiger partial charge in [-0.3, -0.25) is 4.98 Å². The maximum Gasteiger partial charge on any atom is 0.162 e. The number of hydrogen-bond acceptors (Lipinski definition) is 4. The summed E-state index contributed by atoms with van der Waals surface area (Å²) in [6.07, 6.45) is 1.81. The van der Waals surface area contributed by atoms with Crippen molar-refractivity contribution < 1.29 is 9.47 Å². The average Bonchev–Trinajstić information content (AvgIpc) is 2.41. The zero-order chi connectivity index (χ0) is 14.2. The first-order valence-corrected chi connectivity index (χ1v) is 7.41. The minimum Gasteiger partial charge on any atom is -0.376 e. The van der Waals surface area contributed by atoms with Gasteiger partial charge in [-0.1, -0.05) is 12.1 Å². The molecule has 0 atom stereocenters. The highest BCUT2D eigenvalue weighted by Crippen LogP contribution is 2.26. The molecule has 1 aliphatic rings. The fraction of sp³-hybridized carbons (Fsp3) is 0.400. The lowest BCUT2D eigenvalue weighted by Gasteiger charge is -2.35. The van der Waals surface area contributed by atoms with Crippen LogP contribution < -0.4 is 5.32 Å². The van der Waals surface area contributed by atoms with E-state index in [1.165, 1.54) is 0 Å². The maximum atomic E-state index is 5.67. The molecule has 0 saturated carbocycles. The van der Waals surface area contributed by atoms with Crippen LogP contribution in [0.1, 0.15) is 13.8 Å². The van der Waals surface area contributed by atoms with E-state index in [2.05, 4.69) is 38.4 Å². The largest absolute Gasteiger partial charge is 0.376 e. The van der Waals surface area contributed by atoms with E-state index in [1.54, 1.807) is 0 Å². The molecule has 0 bridgehead atoms. The standard InChI is InChI=1S/C15H17BrN2O2/c1-15(2)19-8-12(9-20-15)18-13-5-3-4-10-6-11(16)7-17-14(10)13/h3-7,12,18H,8-9H2,1-2H3. The first-order valence-electron chi connectivity index (χ1n) is 6.62. The highest BCUT2D eigenvalue weighted by molar-refractivity contribution is 9.10. The lowest BCUT2D eigenvalue weighted by Crippen LogP contribution is -2.45. The van der Waals surface area contributed by atoms with E-state index in [0.29, 0.717) is 13.2 Å². The van der Waals surface area contributed by atoms with Gasteiger partial charge in [0.25, 0.3) is 0 Å². The maximum absolute atomic E-state index is 5.67. The van der Waals surface area contributed by atoms with Crippen molar-refractivity contribution in [3.8, 4) is 0 Å². The van der Waals surface area contributed by atoms with Gasteiger partial charge < -0.3 is 14.8 Å². The second kappa shape index (κ2) is 5.31. The van der Waals surface area contributed by atoms with Crippen molar-refractivity contribution in [3.05, 3.63) is 34.9 Å². The van der Waals surface area contributed by atoms with Crippen molar-refractivity contribution in [1.29, 1.82) is 0 Å². The van der Waals surface area contributed by atoms with E-state index in [0.717, 1.165) is 21.1 Å². The molecule has 0 unspecified atom stereocenters. The predicted molar refractivity (Wildman–Crippen MR) is 82.8 cm³/mol. The van der Waals surface area contributed by atoms with Crippen LogP contribution in [0.2, 0.25) is 0 Å². The van der Waals surface area contributed by atoms with Gasteiger partial charge in [0.1, 0.15) is 0 Å². The molecule has 20 heavy (non-hydrogen) atoms. The monoisotopic (exact) mass is 336 g/mol. The van der Waals surface area contributed by atoms with Gasteiger partial charge in [-0.25, -0.2) is 0 Å². The third-order valence-electron chi connectivity index (χ3n) is 3.30. The quantitative estimate of drug-likeness (QED) is 0.910. The number of anilines is 1. The third-order valence-corrected chi connectivity index (χ3v) is 3.74. The number of benzene rings is 1. The molecule has 2 heterocycles. The third kappa shape index (κ3) is 2.95. The van der Waals surface area contributed by atoms with Crippen molar-refractivity contribution in [3.63, 3.8) is 0 Å². The van der Waals surface area contributed by atoms with Crippen LogP contribution in [-0.4, -0.2) is 30.0 Å². The summed E-state index contributed by atoms with van der Waals surface area (Å²) in [5, 5.41) is 4.55. The number of halogens is 1. The number of para-hydroxylation sites is 1. The van der Waals surface area contributed by atoms with Crippen molar-refractivity contribution in [2.75, 3.05) is 18.5 Å². The number of ether oxygens (including phenoxy) is 2. The van der Waals surface area contributed by atoms with Crippen LogP contribution in [0.25, 0.3) is 10.9 Å². The summed E-state index contributed by atoms with van der Waals surface area (Å²) in [5.74, 6) is -0.486. The molecule has 3 rings (SSSR count). The fourth-order valence-electron chi connectivity index (χ4n) is 2.25. The molecule has 1 aromatic carbocycles. The Morgan fingerprint density at radius 2 is 2.05 bits per heavy atom. The van der Waals surface area contributed by atoms with E-state index in [4.69, 9.17) is 9.47 Å². The number of hydrogen-bond donors (Lipinski definition) is 1. The minimum absolute atomic E-state index is 0.138. The van der Waals surface area contributed by atoms with Gasteiger partial charge in [0.15, 0.2) is 5.79 Å². The van der Waals surface area contributed by atoms with E-state index in [-0.39, 0.29) is 6.04 Å². The van der Waals surface area contributed by atoms with E-state index >= 15 is 0 Å². The molecule has 1 aromatic heterocycles. The normalized spacial score (nSPS) is 19.1. The van der Waals surface area contributed by atoms with E-state index in [9.17, 15) is 0 Å². The lowest BCUT2D eigenvalue weighted by molar-refractivity contribution is -0.247. The van der Waals surface area contributed by atoms with Crippen LogP contribution in [0.3, 0.4) is 0 Å². The van der Waals surface area contributed by atoms with Gasteiger partial charge in [0.05, 0.1) is 30.5 Å². The smallest absolute Gasteiger partial charge is 0.162 e. The van der Waals surface area contributed by atoms with Crippen LogP contribution >= 0.6 is 15.9 Å². The Bertz CT molecular complexity index is 620. The highest BCUT2D eigenvalue weighted by Gasteiger charge is 2.28. The zero-order valence-electron chi connectivity index (χ0n) is 11.5. The lowest BCUT2D eigenvalue weighted by atomic mass is 10.1. The Labute approximate surface area is 126 Å². The van der Waals surface area contributed by atoms with Gasteiger partial charge in [0.2, 0.25) is 0 Å². The molecule has 4 nitrogen and oxygen atoms in total. The molecule has 0 spiro atoms. The summed E-state index contributed by atoms with van der Waals surface area (Å²) < 4.78 is 12.3. The number of rotatable bonds is 2. The molecule has 1 saturated heterocycles. The Hall–Kier alpha value is -1.17. The summed E-state index contributed by atoms with van der Waals surface area (Å²) in [4.78, 5) is 4.48. The van der Waals surface area contributed by atoms with E-state index < -0.39 is 5.79 Å². The Balaban J connectivity index is 1.81. The molecule has 0 amide bonds. The van der Waals surface area contributed by atoms with Gasteiger partial charge >= 0.3 is 0 Å². The first kappa shape index (κ1) is 13.8. The molecule has 2 aromatic rings. The van der Waals surface area contributed by atoms with Crippen LogP contribution in [-0.2, 0) is 9.47 Å². The SMILES string of the molecule is CC1(C)OCC(Nc2cccc3cc(Br)cnc23)CO1. The number of pyridine rings is 1. The zero-order valence-corrected chi connectivity index (χ0v) is 13.1. The van der Waals surface area contributed by atoms with Crippen LogP contribution in [0.4, 0.5) is 5.69 Å².